The SMILES string of the molecule is c1ccc(-[n+]2cn(-c3cccc(Oc4ccc5c6ccccc6n(-c6nc7ccc8ccccc8c7c7c6ccc6ccccc67)c5c4)c3)c3ccccc32)cc1. The summed E-state index contributed by atoms with van der Waals surface area (Å²) < 4.78 is 13.5. The number of para-hydroxylation sites is 4. The van der Waals surface area contributed by atoms with Crippen LogP contribution in [0.2, 0.25) is 0 Å². The molecule has 0 bridgehead atoms. The first-order valence-electron chi connectivity index (χ1n) is 19.3. The molecule has 12 rings (SSSR count). The van der Waals surface area contributed by atoms with Gasteiger partial charge in [0.05, 0.1) is 16.6 Å². The van der Waals surface area contributed by atoms with Crippen LogP contribution in [0.5, 0.6) is 11.5 Å². The maximum atomic E-state index is 6.75. The maximum Gasteiger partial charge on any atom is 0.255 e. The monoisotopic (exact) mass is 729 g/mol. The van der Waals surface area contributed by atoms with Gasteiger partial charge in [0.15, 0.2) is 11.0 Å². The van der Waals surface area contributed by atoms with Crippen LogP contribution in [0.1, 0.15) is 0 Å². The summed E-state index contributed by atoms with van der Waals surface area (Å²) >= 11 is 0. The fourth-order valence-electron chi connectivity index (χ4n) is 8.87. The minimum absolute atomic E-state index is 0.752. The Morgan fingerprint density at radius 1 is 0.439 bits per heavy atom. The molecule has 9 aromatic carbocycles. The van der Waals surface area contributed by atoms with Gasteiger partial charge in [-0.15, -0.1) is 0 Å². The summed E-state index contributed by atoms with van der Waals surface area (Å²) in [4.78, 5) is 5.53. The summed E-state index contributed by atoms with van der Waals surface area (Å²) in [5, 5.41) is 10.6. The third-order valence-electron chi connectivity index (χ3n) is 11.4. The van der Waals surface area contributed by atoms with Gasteiger partial charge >= 0.3 is 0 Å². The molecule has 0 saturated carbocycles. The molecule has 0 aliphatic heterocycles. The molecule has 266 valence electrons. The number of pyridine rings is 1. The number of hydrogen-bond donors (Lipinski definition) is 0. The quantitative estimate of drug-likeness (QED) is 0.131. The molecule has 5 heteroatoms. The topological polar surface area (TPSA) is 35.9 Å². The Labute approximate surface area is 327 Å². The Kier molecular flexibility index (Phi) is 6.86. The fourth-order valence-corrected chi connectivity index (χ4v) is 8.87. The molecule has 5 nitrogen and oxygen atoms in total. The lowest BCUT2D eigenvalue weighted by atomic mass is 9.95. The number of aromatic nitrogens is 4. The van der Waals surface area contributed by atoms with E-state index in [0.717, 1.165) is 67.0 Å². The summed E-state index contributed by atoms with van der Waals surface area (Å²) in [5.74, 6) is 2.41. The predicted octanol–water partition coefficient (Wildman–Crippen LogP) is 12.8. The van der Waals surface area contributed by atoms with Crippen LogP contribution in [0.15, 0.2) is 200 Å². The fraction of sp³-hybridized carbons (Fsp3) is 0. The number of rotatable bonds is 5. The lowest BCUT2D eigenvalue weighted by molar-refractivity contribution is -0.567. The van der Waals surface area contributed by atoms with Crippen LogP contribution >= 0.6 is 0 Å². The molecule has 57 heavy (non-hydrogen) atoms. The number of fused-ring (bicyclic) bond motifs is 11. The highest BCUT2D eigenvalue weighted by molar-refractivity contribution is 6.28. The zero-order chi connectivity index (χ0) is 37.5. The van der Waals surface area contributed by atoms with E-state index < -0.39 is 0 Å². The Morgan fingerprint density at radius 2 is 1.09 bits per heavy atom. The predicted molar refractivity (Wildman–Crippen MR) is 233 cm³/mol. The number of hydrogen-bond acceptors (Lipinski definition) is 2. The third-order valence-corrected chi connectivity index (χ3v) is 11.4. The second-order valence-electron chi connectivity index (χ2n) is 14.6. The van der Waals surface area contributed by atoms with Crippen LogP contribution < -0.4 is 9.30 Å². The Balaban J connectivity index is 1.04. The van der Waals surface area contributed by atoms with Crippen molar-refractivity contribution in [2.45, 2.75) is 0 Å². The van der Waals surface area contributed by atoms with Crippen molar-refractivity contribution in [3.63, 3.8) is 0 Å². The normalized spacial score (nSPS) is 11.9. The molecule has 0 fully saturated rings. The Morgan fingerprint density at radius 3 is 1.93 bits per heavy atom. The van der Waals surface area contributed by atoms with Crippen LogP contribution in [0.25, 0.3) is 93.3 Å². The zero-order valence-electron chi connectivity index (χ0n) is 30.7. The van der Waals surface area contributed by atoms with Gasteiger partial charge < -0.3 is 4.74 Å². The number of benzene rings is 9. The molecule has 3 aromatic heterocycles. The third kappa shape index (κ3) is 4.89. The lowest BCUT2D eigenvalue weighted by Gasteiger charge is -2.16. The molecular formula is C52H33N4O+. The van der Waals surface area contributed by atoms with Crippen molar-refractivity contribution in [2.75, 3.05) is 0 Å². The molecule has 0 spiro atoms. The molecule has 0 aliphatic rings. The smallest absolute Gasteiger partial charge is 0.255 e. The first-order valence-corrected chi connectivity index (χ1v) is 19.3. The first kappa shape index (κ1) is 31.6. The summed E-state index contributed by atoms with van der Waals surface area (Å²) in [6.45, 7) is 0. The van der Waals surface area contributed by atoms with Crippen molar-refractivity contribution in [3.8, 4) is 28.7 Å². The number of ether oxygens (including phenoxy) is 1. The first-order chi connectivity index (χ1) is 28.3. The van der Waals surface area contributed by atoms with Gasteiger partial charge in [0.25, 0.3) is 6.33 Å². The van der Waals surface area contributed by atoms with E-state index in [9.17, 15) is 0 Å². The largest absolute Gasteiger partial charge is 0.457 e. The van der Waals surface area contributed by atoms with Crippen molar-refractivity contribution in [1.82, 2.24) is 14.1 Å². The van der Waals surface area contributed by atoms with Gasteiger partial charge in [-0.1, -0.05) is 115 Å². The van der Waals surface area contributed by atoms with E-state index in [1.165, 1.54) is 37.7 Å². The highest BCUT2D eigenvalue weighted by atomic mass is 16.5. The molecule has 0 aliphatic carbocycles. The second kappa shape index (κ2) is 12.4. The Bertz CT molecular complexity index is 3560. The van der Waals surface area contributed by atoms with Crippen LogP contribution in [0, 0.1) is 0 Å². The van der Waals surface area contributed by atoms with Crippen molar-refractivity contribution >= 4 is 76.1 Å². The van der Waals surface area contributed by atoms with Gasteiger partial charge in [-0.3, -0.25) is 4.57 Å². The van der Waals surface area contributed by atoms with E-state index in [2.05, 4.69) is 202 Å². The summed E-state index contributed by atoms with van der Waals surface area (Å²) in [7, 11) is 0. The van der Waals surface area contributed by atoms with Gasteiger partial charge in [-0.05, 0) is 88.3 Å². The number of imidazole rings is 1. The van der Waals surface area contributed by atoms with E-state index in [1.54, 1.807) is 0 Å². The van der Waals surface area contributed by atoms with Crippen molar-refractivity contribution < 1.29 is 9.30 Å². The molecule has 0 radical (unpaired) electrons. The van der Waals surface area contributed by atoms with E-state index in [4.69, 9.17) is 9.72 Å². The van der Waals surface area contributed by atoms with Gasteiger partial charge in [-0.2, -0.15) is 9.13 Å². The Hall–Kier alpha value is -7.76. The van der Waals surface area contributed by atoms with Crippen molar-refractivity contribution in [2.24, 2.45) is 0 Å². The molecule has 0 atom stereocenters. The van der Waals surface area contributed by atoms with Crippen LogP contribution in [0.4, 0.5) is 0 Å². The summed E-state index contributed by atoms with van der Waals surface area (Å²) in [5.41, 5.74) is 7.46. The average Bonchev–Trinajstić information content (AvgIpc) is 3.82. The molecule has 0 amide bonds. The van der Waals surface area contributed by atoms with E-state index >= 15 is 0 Å². The molecule has 12 aromatic rings. The summed E-state index contributed by atoms with van der Waals surface area (Å²) in [6.07, 6.45) is 2.15. The van der Waals surface area contributed by atoms with E-state index in [0.29, 0.717) is 0 Å². The molecular weight excluding hydrogens is 697 g/mol. The van der Waals surface area contributed by atoms with Crippen LogP contribution in [0.3, 0.4) is 0 Å². The maximum absolute atomic E-state index is 6.75. The highest BCUT2D eigenvalue weighted by Crippen LogP contribution is 2.42. The molecule has 0 saturated heterocycles. The number of nitrogens with zero attached hydrogens (tertiary/aromatic N) is 4. The van der Waals surface area contributed by atoms with Crippen LogP contribution in [-0.4, -0.2) is 14.1 Å². The minimum Gasteiger partial charge on any atom is -0.457 e. The van der Waals surface area contributed by atoms with Crippen molar-refractivity contribution in [3.05, 3.63) is 200 Å². The minimum atomic E-state index is 0.752. The van der Waals surface area contributed by atoms with Gasteiger partial charge in [0, 0.05) is 39.1 Å². The second-order valence-corrected chi connectivity index (χ2v) is 14.6. The van der Waals surface area contributed by atoms with Gasteiger partial charge in [0.2, 0.25) is 0 Å². The standard InChI is InChI=1S/C52H33N4O/c1-2-15-36(16-3-1)54-33-55(48-24-11-10-23-47(48)54)37-17-12-18-38(31-37)57-39-27-29-43-42-21-8-9-22-46(42)56(49(43)32-39)52-44-28-25-34-13-4-6-19-40(34)50(44)51-41-20-7-5-14-35(41)26-30-45(51)53-52/h1-33H/q+1. The van der Waals surface area contributed by atoms with Gasteiger partial charge in [0.1, 0.15) is 28.7 Å². The highest BCUT2D eigenvalue weighted by Gasteiger charge is 2.21. The van der Waals surface area contributed by atoms with E-state index in [-0.39, 0.29) is 0 Å². The van der Waals surface area contributed by atoms with E-state index in [1.807, 2.05) is 12.1 Å². The lowest BCUT2D eigenvalue weighted by Crippen LogP contribution is -2.28. The van der Waals surface area contributed by atoms with Crippen molar-refractivity contribution in [1.29, 1.82) is 0 Å². The van der Waals surface area contributed by atoms with Crippen LogP contribution in [-0.2, 0) is 0 Å². The molecule has 0 unspecified atom stereocenters. The average molecular weight is 730 g/mol. The molecule has 0 N–H and O–H groups in total. The van der Waals surface area contributed by atoms with Gasteiger partial charge in [-0.25, -0.2) is 4.98 Å². The zero-order valence-corrected chi connectivity index (χ0v) is 30.7. The summed E-state index contributed by atoms with van der Waals surface area (Å²) in [6, 6.07) is 68.5. The molecule has 3 heterocycles.